The maximum Gasteiger partial charge on any atom is 0.225 e. The van der Waals surface area contributed by atoms with E-state index in [9.17, 15) is 4.79 Å². The highest BCUT2D eigenvalue weighted by atomic mass is 16.2. The summed E-state index contributed by atoms with van der Waals surface area (Å²) in [5, 5.41) is 0. The number of carbonyl (C=O) groups is 1. The molecule has 0 bridgehead atoms. The Kier molecular flexibility index (Phi) is 8.93. The van der Waals surface area contributed by atoms with Crippen molar-refractivity contribution in [2.24, 2.45) is 17.3 Å². The lowest BCUT2D eigenvalue weighted by molar-refractivity contribution is -0.138. The van der Waals surface area contributed by atoms with Gasteiger partial charge in [-0.3, -0.25) is 4.79 Å². The van der Waals surface area contributed by atoms with Crippen molar-refractivity contribution in [2.45, 2.75) is 91.9 Å². The maximum absolute atomic E-state index is 12.8. The van der Waals surface area contributed by atoms with Gasteiger partial charge in [0.15, 0.2) is 0 Å². The summed E-state index contributed by atoms with van der Waals surface area (Å²) < 4.78 is 0. The highest BCUT2D eigenvalue weighted by molar-refractivity contribution is 5.78. The van der Waals surface area contributed by atoms with Gasteiger partial charge in [-0.2, -0.15) is 0 Å². The van der Waals surface area contributed by atoms with Crippen LogP contribution in [-0.2, 0) is 4.79 Å². The van der Waals surface area contributed by atoms with E-state index in [4.69, 9.17) is 0 Å². The number of hydrogen-bond acceptors (Lipinski definition) is 2. The molecule has 2 aliphatic heterocycles. The first kappa shape index (κ1) is 21.7. The molecule has 2 rings (SSSR count). The Balaban J connectivity index is 1.71. The summed E-state index contributed by atoms with van der Waals surface area (Å²) in [6, 6.07) is 0. The zero-order valence-corrected chi connectivity index (χ0v) is 18.1. The summed E-state index contributed by atoms with van der Waals surface area (Å²) in [6.07, 6.45) is 12.6. The zero-order valence-electron chi connectivity index (χ0n) is 18.1. The van der Waals surface area contributed by atoms with Gasteiger partial charge >= 0.3 is 0 Å². The van der Waals surface area contributed by atoms with Crippen LogP contribution in [0.3, 0.4) is 0 Å². The van der Waals surface area contributed by atoms with Crippen LogP contribution in [-0.4, -0.2) is 48.4 Å². The van der Waals surface area contributed by atoms with Crippen LogP contribution >= 0.6 is 0 Å². The van der Waals surface area contributed by atoms with Crippen LogP contribution in [0.5, 0.6) is 0 Å². The van der Waals surface area contributed by atoms with Crippen LogP contribution in [0, 0.1) is 17.3 Å². The SMILES string of the molecule is CCCCCCC(C)C(=O)N1CCC2(CCN(CC(C)CC)CC2)CC1. The molecule has 2 heterocycles. The van der Waals surface area contributed by atoms with Gasteiger partial charge in [-0.05, 0) is 56.5 Å². The molecule has 2 aliphatic rings. The number of piperidine rings is 2. The van der Waals surface area contributed by atoms with E-state index in [1.807, 2.05) is 0 Å². The van der Waals surface area contributed by atoms with Gasteiger partial charge in [0.25, 0.3) is 0 Å². The van der Waals surface area contributed by atoms with Crippen molar-refractivity contribution in [1.82, 2.24) is 9.80 Å². The summed E-state index contributed by atoms with van der Waals surface area (Å²) in [5.74, 6) is 1.46. The lowest BCUT2D eigenvalue weighted by atomic mass is 9.71. The normalized spacial score (nSPS) is 23.2. The number of nitrogens with zero attached hydrogens (tertiary/aromatic N) is 2. The second kappa shape index (κ2) is 10.7. The standard InChI is InChI=1S/C23H44N2O/c1-5-7-8-9-10-21(4)22(26)25-17-13-23(14-18-25)11-15-24(16-12-23)19-20(3)6-2/h20-21H,5-19H2,1-4H3. The van der Waals surface area contributed by atoms with Crippen molar-refractivity contribution < 1.29 is 4.79 Å². The van der Waals surface area contributed by atoms with E-state index < -0.39 is 0 Å². The summed E-state index contributed by atoms with van der Waals surface area (Å²) in [6.45, 7) is 14.9. The topological polar surface area (TPSA) is 23.6 Å². The van der Waals surface area contributed by atoms with Crippen molar-refractivity contribution >= 4 is 5.91 Å². The highest BCUT2D eigenvalue weighted by Crippen LogP contribution is 2.41. The van der Waals surface area contributed by atoms with E-state index in [-0.39, 0.29) is 5.92 Å². The van der Waals surface area contributed by atoms with Gasteiger partial charge in [-0.25, -0.2) is 0 Å². The fourth-order valence-electron chi connectivity index (χ4n) is 4.79. The molecule has 0 saturated carbocycles. The number of rotatable bonds is 9. The first-order valence-electron chi connectivity index (χ1n) is 11.5. The molecule has 0 radical (unpaired) electrons. The van der Waals surface area contributed by atoms with E-state index in [0.29, 0.717) is 11.3 Å². The Morgan fingerprint density at radius 3 is 2.12 bits per heavy atom. The van der Waals surface area contributed by atoms with Gasteiger partial charge in [0.05, 0.1) is 0 Å². The van der Waals surface area contributed by atoms with Crippen LogP contribution in [0.1, 0.15) is 91.9 Å². The Morgan fingerprint density at radius 1 is 0.923 bits per heavy atom. The number of hydrogen-bond donors (Lipinski definition) is 0. The molecule has 0 aromatic heterocycles. The first-order chi connectivity index (χ1) is 12.5. The second-order valence-electron chi connectivity index (χ2n) is 9.39. The average molecular weight is 365 g/mol. The third kappa shape index (κ3) is 6.25. The third-order valence-corrected chi connectivity index (χ3v) is 7.23. The second-order valence-corrected chi connectivity index (χ2v) is 9.39. The van der Waals surface area contributed by atoms with Crippen molar-refractivity contribution in [2.75, 3.05) is 32.7 Å². The quantitative estimate of drug-likeness (QED) is 0.515. The number of amides is 1. The molecule has 1 amide bonds. The molecule has 2 unspecified atom stereocenters. The van der Waals surface area contributed by atoms with Gasteiger partial charge in [-0.15, -0.1) is 0 Å². The monoisotopic (exact) mass is 364 g/mol. The van der Waals surface area contributed by atoms with Crippen LogP contribution in [0.25, 0.3) is 0 Å². The molecular weight excluding hydrogens is 320 g/mol. The molecule has 2 fully saturated rings. The molecule has 2 saturated heterocycles. The van der Waals surface area contributed by atoms with Gasteiger partial charge < -0.3 is 9.80 Å². The Labute approximate surface area is 162 Å². The molecule has 3 nitrogen and oxygen atoms in total. The summed E-state index contributed by atoms with van der Waals surface area (Å²) in [7, 11) is 0. The largest absolute Gasteiger partial charge is 0.342 e. The molecule has 0 aromatic rings. The molecule has 3 heteroatoms. The zero-order chi connectivity index (χ0) is 19.0. The number of carbonyl (C=O) groups excluding carboxylic acids is 1. The van der Waals surface area contributed by atoms with E-state index in [1.54, 1.807) is 0 Å². The minimum Gasteiger partial charge on any atom is -0.342 e. The third-order valence-electron chi connectivity index (χ3n) is 7.23. The fraction of sp³-hybridized carbons (Fsp3) is 0.957. The molecule has 26 heavy (non-hydrogen) atoms. The van der Waals surface area contributed by atoms with E-state index in [2.05, 4.69) is 37.5 Å². The van der Waals surface area contributed by atoms with Gasteiger partial charge in [0, 0.05) is 25.6 Å². The summed E-state index contributed by atoms with van der Waals surface area (Å²) in [4.78, 5) is 17.6. The molecule has 1 spiro atoms. The van der Waals surface area contributed by atoms with E-state index in [1.165, 1.54) is 77.4 Å². The number of likely N-dealkylation sites (tertiary alicyclic amines) is 2. The Bertz CT molecular complexity index is 404. The molecule has 2 atom stereocenters. The molecule has 0 aliphatic carbocycles. The highest BCUT2D eigenvalue weighted by Gasteiger charge is 2.39. The van der Waals surface area contributed by atoms with Crippen LogP contribution < -0.4 is 0 Å². The van der Waals surface area contributed by atoms with Crippen LogP contribution in [0.2, 0.25) is 0 Å². The minimum absolute atomic E-state index is 0.221. The molecular formula is C23H44N2O. The van der Waals surface area contributed by atoms with Crippen molar-refractivity contribution in [1.29, 1.82) is 0 Å². The summed E-state index contributed by atoms with van der Waals surface area (Å²) in [5.41, 5.74) is 0.535. The fourth-order valence-corrected chi connectivity index (χ4v) is 4.79. The lowest BCUT2D eigenvalue weighted by Crippen LogP contribution is -2.49. The number of unbranched alkanes of at least 4 members (excludes halogenated alkanes) is 3. The summed E-state index contributed by atoms with van der Waals surface area (Å²) >= 11 is 0. The van der Waals surface area contributed by atoms with E-state index in [0.717, 1.165) is 25.4 Å². The average Bonchev–Trinajstić information content (AvgIpc) is 2.67. The Morgan fingerprint density at radius 2 is 1.54 bits per heavy atom. The molecule has 0 N–H and O–H groups in total. The van der Waals surface area contributed by atoms with Crippen molar-refractivity contribution in [3.05, 3.63) is 0 Å². The van der Waals surface area contributed by atoms with Crippen molar-refractivity contribution in [3.8, 4) is 0 Å². The van der Waals surface area contributed by atoms with Gasteiger partial charge in [0.1, 0.15) is 0 Å². The smallest absolute Gasteiger partial charge is 0.225 e. The van der Waals surface area contributed by atoms with Gasteiger partial charge in [-0.1, -0.05) is 59.8 Å². The maximum atomic E-state index is 12.8. The predicted octanol–water partition coefficient (Wildman–Crippen LogP) is 5.34. The predicted molar refractivity (Wildman–Crippen MR) is 111 cm³/mol. The van der Waals surface area contributed by atoms with Crippen molar-refractivity contribution in [3.63, 3.8) is 0 Å². The first-order valence-corrected chi connectivity index (χ1v) is 11.5. The lowest BCUT2D eigenvalue weighted by Gasteiger charge is -2.47. The minimum atomic E-state index is 0.221. The Hall–Kier alpha value is -0.570. The van der Waals surface area contributed by atoms with Crippen LogP contribution in [0.4, 0.5) is 0 Å². The van der Waals surface area contributed by atoms with Crippen LogP contribution in [0.15, 0.2) is 0 Å². The van der Waals surface area contributed by atoms with E-state index >= 15 is 0 Å². The molecule has 152 valence electrons. The molecule has 0 aromatic carbocycles. The van der Waals surface area contributed by atoms with Gasteiger partial charge in [0.2, 0.25) is 5.91 Å².